The minimum atomic E-state index is -0.568. The smallest absolute Gasteiger partial charge is 0.263 e. The number of carbonyl (C=O) groups is 1. The Labute approximate surface area is 124 Å². The summed E-state index contributed by atoms with van der Waals surface area (Å²) < 4.78 is 5.64. The lowest BCUT2D eigenvalue weighted by atomic mass is 10.2. The van der Waals surface area contributed by atoms with Crippen LogP contribution in [0.2, 0.25) is 0 Å². The second-order valence-electron chi connectivity index (χ2n) is 4.60. The summed E-state index contributed by atoms with van der Waals surface area (Å²) in [5.41, 5.74) is 0. The van der Waals surface area contributed by atoms with Crippen LogP contribution in [0.1, 0.15) is 20.3 Å². The van der Waals surface area contributed by atoms with Crippen LogP contribution in [-0.2, 0) is 4.79 Å². The molecule has 1 rings (SSSR count). The zero-order valence-corrected chi connectivity index (χ0v) is 13.1. The molecule has 1 amide bonds. The van der Waals surface area contributed by atoms with Gasteiger partial charge in [0.25, 0.3) is 5.91 Å². The number of ether oxygens (including phenoxy) is 1. The van der Waals surface area contributed by atoms with Crippen LogP contribution < -0.4 is 4.74 Å². The van der Waals surface area contributed by atoms with Crippen molar-refractivity contribution in [3.63, 3.8) is 0 Å². The van der Waals surface area contributed by atoms with Gasteiger partial charge in [-0.05, 0) is 44.4 Å². The molecule has 0 saturated carbocycles. The zero-order chi connectivity index (χ0) is 15.1. The second kappa shape index (κ2) is 7.81. The largest absolute Gasteiger partial charge is 0.481 e. The highest BCUT2D eigenvalue weighted by atomic mass is 32.2. The lowest BCUT2D eigenvalue weighted by Gasteiger charge is -2.26. The van der Waals surface area contributed by atoms with Crippen molar-refractivity contribution in [3.8, 4) is 11.8 Å². The molecule has 1 aromatic rings. The summed E-state index contributed by atoms with van der Waals surface area (Å²) in [4.78, 5) is 14.9. The fourth-order valence-corrected chi connectivity index (χ4v) is 2.09. The van der Waals surface area contributed by atoms with Gasteiger partial charge in [0.05, 0.1) is 12.5 Å². The lowest BCUT2D eigenvalue weighted by Crippen LogP contribution is -2.42. The molecule has 0 aliphatic heterocycles. The molecule has 0 bridgehead atoms. The third kappa shape index (κ3) is 4.46. The van der Waals surface area contributed by atoms with E-state index in [2.05, 4.69) is 6.07 Å². The highest BCUT2D eigenvalue weighted by Gasteiger charge is 2.22. The van der Waals surface area contributed by atoms with E-state index in [0.29, 0.717) is 12.2 Å². The molecule has 108 valence electrons. The van der Waals surface area contributed by atoms with Gasteiger partial charge < -0.3 is 9.64 Å². The molecule has 5 heteroatoms. The average molecular weight is 292 g/mol. The van der Waals surface area contributed by atoms with E-state index in [1.54, 1.807) is 30.6 Å². The molecule has 0 fully saturated rings. The zero-order valence-electron chi connectivity index (χ0n) is 12.3. The van der Waals surface area contributed by atoms with Gasteiger partial charge in [-0.2, -0.15) is 5.26 Å². The Balaban J connectivity index is 2.62. The first-order valence-corrected chi connectivity index (χ1v) is 7.66. The molecule has 0 unspecified atom stereocenters. The third-order valence-electron chi connectivity index (χ3n) is 3.12. The number of hydrogen-bond donors (Lipinski definition) is 0. The van der Waals surface area contributed by atoms with E-state index in [9.17, 15) is 4.79 Å². The molecule has 0 N–H and O–H groups in total. The van der Waals surface area contributed by atoms with Gasteiger partial charge in [-0.1, -0.05) is 0 Å². The first-order chi connectivity index (χ1) is 9.49. The standard InChI is InChI=1S/C15H20N2O2S/c1-11(9-10-16)17(3)15(18)12(2)19-13-5-7-14(20-4)8-6-13/h5-8,11-12H,9H2,1-4H3/t11-,12+/m1/s1. The minimum absolute atomic E-state index is 0.114. The summed E-state index contributed by atoms with van der Waals surface area (Å²) in [7, 11) is 1.70. The maximum Gasteiger partial charge on any atom is 0.263 e. The van der Waals surface area contributed by atoms with E-state index in [0.717, 1.165) is 4.90 Å². The summed E-state index contributed by atoms with van der Waals surface area (Å²) in [6.07, 6.45) is 1.76. The average Bonchev–Trinajstić information content (AvgIpc) is 2.46. The lowest BCUT2D eigenvalue weighted by molar-refractivity contribution is -0.138. The molecule has 20 heavy (non-hydrogen) atoms. The van der Waals surface area contributed by atoms with Crippen molar-refractivity contribution in [2.24, 2.45) is 0 Å². The first-order valence-electron chi connectivity index (χ1n) is 6.44. The molecule has 0 aromatic heterocycles. The van der Waals surface area contributed by atoms with Crippen LogP contribution in [0, 0.1) is 11.3 Å². The number of likely N-dealkylation sites (N-methyl/N-ethyl adjacent to an activating group) is 1. The van der Waals surface area contributed by atoms with Crippen LogP contribution in [0.5, 0.6) is 5.75 Å². The number of rotatable bonds is 6. The second-order valence-corrected chi connectivity index (χ2v) is 5.48. The van der Waals surface area contributed by atoms with Crippen molar-refractivity contribution in [3.05, 3.63) is 24.3 Å². The van der Waals surface area contributed by atoms with Crippen molar-refractivity contribution in [2.45, 2.75) is 37.3 Å². The van der Waals surface area contributed by atoms with Crippen LogP contribution in [0.4, 0.5) is 0 Å². The SMILES string of the molecule is CSc1ccc(O[C@@H](C)C(=O)N(C)[C@H](C)CC#N)cc1. The van der Waals surface area contributed by atoms with Crippen molar-refractivity contribution < 1.29 is 9.53 Å². The molecule has 0 aliphatic rings. The molecule has 0 spiro atoms. The Morgan fingerprint density at radius 2 is 2.00 bits per heavy atom. The normalized spacial score (nSPS) is 13.2. The summed E-state index contributed by atoms with van der Waals surface area (Å²) in [6.45, 7) is 3.57. The van der Waals surface area contributed by atoms with E-state index < -0.39 is 6.10 Å². The number of hydrogen-bond acceptors (Lipinski definition) is 4. The Morgan fingerprint density at radius 3 is 2.50 bits per heavy atom. The molecule has 0 radical (unpaired) electrons. The van der Waals surface area contributed by atoms with Gasteiger partial charge in [0.1, 0.15) is 5.75 Å². The van der Waals surface area contributed by atoms with Crippen molar-refractivity contribution in [1.29, 1.82) is 5.26 Å². The van der Waals surface area contributed by atoms with Gasteiger partial charge in [0.15, 0.2) is 6.10 Å². The van der Waals surface area contributed by atoms with Crippen LogP contribution in [0.15, 0.2) is 29.2 Å². The number of amides is 1. The summed E-state index contributed by atoms with van der Waals surface area (Å²) >= 11 is 1.66. The van der Waals surface area contributed by atoms with E-state index in [-0.39, 0.29) is 11.9 Å². The molecule has 0 saturated heterocycles. The van der Waals surface area contributed by atoms with Crippen LogP contribution >= 0.6 is 11.8 Å². The predicted octanol–water partition coefficient (Wildman–Crippen LogP) is 2.94. The van der Waals surface area contributed by atoms with Crippen LogP contribution in [0.3, 0.4) is 0 Å². The van der Waals surface area contributed by atoms with Crippen LogP contribution in [-0.4, -0.2) is 36.3 Å². The molecule has 1 aromatic carbocycles. The third-order valence-corrected chi connectivity index (χ3v) is 3.86. The van der Waals surface area contributed by atoms with Gasteiger partial charge in [0, 0.05) is 18.0 Å². The molecule has 2 atom stereocenters. The van der Waals surface area contributed by atoms with E-state index in [1.165, 1.54) is 0 Å². The summed E-state index contributed by atoms with van der Waals surface area (Å²) in [5, 5.41) is 8.67. The van der Waals surface area contributed by atoms with E-state index in [1.807, 2.05) is 37.4 Å². The number of nitrogens with zero attached hydrogens (tertiary/aromatic N) is 2. The van der Waals surface area contributed by atoms with Crippen molar-refractivity contribution in [1.82, 2.24) is 4.90 Å². The molecule has 0 aliphatic carbocycles. The van der Waals surface area contributed by atoms with Gasteiger partial charge >= 0.3 is 0 Å². The van der Waals surface area contributed by atoms with Crippen LogP contribution in [0.25, 0.3) is 0 Å². The van der Waals surface area contributed by atoms with Gasteiger partial charge in [0.2, 0.25) is 0 Å². The van der Waals surface area contributed by atoms with E-state index in [4.69, 9.17) is 10.00 Å². The Kier molecular flexibility index (Phi) is 6.40. The molecule has 4 nitrogen and oxygen atoms in total. The molecular formula is C15H20N2O2S. The highest BCUT2D eigenvalue weighted by molar-refractivity contribution is 7.98. The summed E-state index contributed by atoms with van der Waals surface area (Å²) in [5.74, 6) is 0.548. The fraction of sp³-hybridized carbons (Fsp3) is 0.467. The Hall–Kier alpha value is -1.67. The maximum atomic E-state index is 12.2. The Bertz CT molecular complexity index is 482. The Morgan fingerprint density at radius 1 is 1.40 bits per heavy atom. The number of carbonyl (C=O) groups excluding carboxylic acids is 1. The van der Waals surface area contributed by atoms with Gasteiger partial charge in [-0.3, -0.25) is 4.79 Å². The first kappa shape index (κ1) is 16.4. The van der Waals surface area contributed by atoms with Gasteiger partial charge in [-0.15, -0.1) is 11.8 Å². The highest BCUT2D eigenvalue weighted by Crippen LogP contribution is 2.20. The maximum absolute atomic E-state index is 12.2. The molecular weight excluding hydrogens is 272 g/mol. The monoisotopic (exact) mass is 292 g/mol. The van der Waals surface area contributed by atoms with Crippen molar-refractivity contribution >= 4 is 17.7 Å². The predicted molar refractivity (Wildman–Crippen MR) is 80.8 cm³/mol. The topological polar surface area (TPSA) is 53.3 Å². The fourth-order valence-electron chi connectivity index (χ4n) is 1.68. The minimum Gasteiger partial charge on any atom is -0.481 e. The number of thioether (sulfide) groups is 1. The molecule has 0 heterocycles. The number of benzene rings is 1. The summed E-state index contributed by atoms with van der Waals surface area (Å²) in [6, 6.07) is 9.58. The van der Waals surface area contributed by atoms with E-state index >= 15 is 0 Å². The number of nitriles is 1. The van der Waals surface area contributed by atoms with Crippen molar-refractivity contribution in [2.75, 3.05) is 13.3 Å². The van der Waals surface area contributed by atoms with Gasteiger partial charge in [-0.25, -0.2) is 0 Å². The quantitative estimate of drug-likeness (QED) is 0.756.